The summed E-state index contributed by atoms with van der Waals surface area (Å²) in [5, 5.41) is 6.91. The summed E-state index contributed by atoms with van der Waals surface area (Å²) in [6, 6.07) is 19.5. The highest BCUT2D eigenvalue weighted by atomic mass is 35.5. The molecule has 8 nitrogen and oxygen atoms in total. The zero-order valence-corrected chi connectivity index (χ0v) is 19.0. The van der Waals surface area contributed by atoms with E-state index in [1.807, 2.05) is 6.92 Å². The van der Waals surface area contributed by atoms with Crippen LogP contribution in [0.5, 0.6) is 11.5 Å². The number of benzene rings is 3. The number of carbonyl (C=O) groups excluding carboxylic acids is 3. The van der Waals surface area contributed by atoms with Crippen molar-refractivity contribution in [2.45, 2.75) is 6.92 Å². The van der Waals surface area contributed by atoms with Gasteiger partial charge in [-0.1, -0.05) is 11.6 Å². The first-order valence-corrected chi connectivity index (χ1v) is 10.7. The number of ether oxygens (including phenoxy) is 2. The van der Waals surface area contributed by atoms with Crippen LogP contribution in [0.2, 0.25) is 5.02 Å². The van der Waals surface area contributed by atoms with E-state index in [0.717, 1.165) is 0 Å². The minimum absolute atomic E-state index is 0.233. The third kappa shape index (κ3) is 7.46. The maximum absolute atomic E-state index is 12.1. The number of hydrogen-bond acceptors (Lipinski definition) is 6. The number of amides is 2. The number of halogens is 1. The van der Waals surface area contributed by atoms with E-state index in [4.69, 9.17) is 21.1 Å². The van der Waals surface area contributed by atoms with Gasteiger partial charge in [-0.3, -0.25) is 9.59 Å². The molecule has 3 aromatic rings. The van der Waals surface area contributed by atoms with Crippen LogP contribution in [0.25, 0.3) is 0 Å². The molecular weight excluding hydrogens is 458 g/mol. The van der Waals surface area contributed by atoms with E-state index in [0.29, 0.717) is 39.8 Å². The largest absolute Gasteiger partial charge is 0.494 e. The van der Waals surface area contributed by atoms with E-state index in [-0.39, 0.29) is 12.5 Å². The van der Waals surface area contributed by atoms with Gasteiger partial charge in [0.15, 0.2) is 0 Å². The first-order valence-electron chi connectivity index (χ1n) is 10.4. The molecule has 0 unspecified atom stereocenters. The van der Waals surface area contributed by atoms with Crippen molar-refractivity contribution in [3.05, 3.63) is 94.5 Å². The summed E-state index contributed by atoms with van der Waals surface area (Å²) in [5.41, 5.74) is 3.80. The SMILES string of the molecule is CCOc1ccc(C(=O)NCC(=O)N/N=C\c2ccc(OC(=O)c3ccc(Cl)cc3)cc2)cc1. The minimum Gasteiger partial charge on any atom is -0.494 e. The summed E-state index contributed by atoms with van der Waals surface area (Å²) in [4.78, 5) is 36.2. The number of hydrogen-bond donors (Lipinski definition) is 2. The van der Waals surface area contributed by atoms with E-state index in [2.05, 4.69) is 15.8 Å². The molecule has 0 atom stereocenters. The lowest BCUT2D eigenvalue weighted by molar-refractivity contribution is -0.120. The maximum Gasteiger partial charge on any atom is 0.343 e. The second kappa shape index (κ2) is 12.2. The van der Waals surface area contributed by atoms with Gasteiger partial charge in [0.25, 0.3) is 11.8 Å². The van der Waals surface area contributed by atoms with Crippen LogP contribution in [0.1, 0.15) is 33.2 Å². The number of nitrogens with zero attached hydrogens (tertiary/aromatic N) is 1. The van der Waals surface area contributed by atoms with Crippen LogP contribution in [-0.4, -0.2) is 37.1 Å². The summed E-state index contributed by atoms with van der Waals surface area (Å²) in [7, 11) is 0. The van der Waals surface area contributed by atoms with E-state index in [1.54, 1.807) is 72.8 Å². The van der Waals surface area contributed by atoms with Gasteiger partial charge in [-0.25, -0.2) is 10.2 Å². The van der Waals surface area contributed by atoms with Gasteiger partial charge in [-0.15, -0.1) is 0 Å². The molecule has 0 aromatic heterocycles. The van der Waals surface area contributed by atoms with Crippen molar-refractivity contribution in [3.63, 3.8) is 0 Å². The molecule has 174 valence electrons. The van der Waals surface area contributed by atoms with Crippen molar-refractivity contribution in [3.8, 4) is 11.5 Å². The lowest BCUT2D eigenvalue weighted by atomic mass is 10.2. The summed E-state index contributed by atoms with van der Waals surface area (Å²) in [6.07, 6.45) is 1.43. The molecule has 0 spiro atoms. The average Bonchev–Trinajstić information content (AvgIpc) is 2.84. The molecule has 9 heteroatoms. The van der Waals surface area contributed by atoms with Crippen molar-refractivity contribution in [1.29, 1.82) is 0 Å². The number of nitrogens with one attached hydrogen (secondary N) is 2. The lowest BCUT2D eigenvalue weighted by Gasteiger charge is -2.06. The first-order chi connectivity index (χ1) is 16.4. The van der Waals surface area contributed by atoms with Crippen molar-refractivity contribution in [2.75, 3.05) is 13.2 Å². The van der Waals surface area contributed by atoms with Crippen LogP contribution in [-0.2, 0) is 4.79 Å². The predicted molar refractivity (Wildman–Crippen MR) is 129 cm³/mol. The Hall–Kier alpha value is -4.17. The molecule has 0 fully saturated rings. The Kier molecular flexibility index (Phi) is 8.76. The van der Waals surface area contributed by atoms with Gasteiger partial charge in [0, 0.05) is 10.6 Å². The molecular formula is C25H22ClN3O5. The lowest BCUT2D eigenvalue weighted by Crippen LogP contribution is -2.34. The third-order valence-electron chi connectivity index (χ3n) is 4.41. The highest BCUT2D eigenvalue weighted by Crippen LogP contribution is 2.15. The van der Waals surface area contributed by atoms with Gasteiger partial charge in [-0.05, 0) is 85.3 Å². The molecule has 2 N–H and O–H groups in total. The monoisotopic (exact) mass is 479 g/mol. The highest BCUT2D eigenvalue weighted by Gasteiger charge is 2.09. The highest BCUT2D eigenvalue weighted by molar-refractivity contribution is 6.30. The summed E-state index contributed by atoms with van der Waals surface area (Å²) < 4.78 is 10.6. The minimum atomic E-state index is -0.502. The zero-order chi connectivity index (χ0) is 24.3. The Labute approximate surface area is 201 Å². The average molecular weight is 480 g/mol. The van der Waals surface area contributed by atoms with Gasteiger partial charge in [0.05, 0.1) is 24.9 Å². The quantitative estimate of drug-likeness (QED) is 0.210. The van der Waals surface area contributed by atoms with Crippen LogP contribution in [0.4, 0.5) is 0 Å². The van der Waals surface area contributed by atoms with Gasteiger partial charge >= 0.3 is 5.97 Å². The van der Waals surface area contributed by atoms with E-state index < -0.39 is 11.9 Å². The molecule has 0 radical (unpaired) electrons. The maximum atomic E-state index is 12.1. The normalized spacial score (nSPS) is 10.5. The fourth-order valence-electron chi connectivity index (χ4n) is 2.72. The molecule has 0 saturated heterocycles. The molecule has 3 aromatic carbocycles. The molecule has 0 saturated carbocycles. The van der Waals surface area contributed by atoms with Crippen LogP contribution in [0.3, 0.4) is 0 Å². The fraction of sp³-hybridized carbons (Fsp3) is 0.120. The van der Waals surface area contributed by atoms with E-state index in [9.17, 15) is 14.4 Å². The Morgan fingerprint density at radius 1 is 0.882 bits per heavy atom. The fourth-order valence-corrected chi connectivity index (χ4v) is 2.85. The molecule has 2 amide bonds. The van der Waals surface area contributed by atoms with Crippen molar-refractivity contribution >= 4 is 35.6 Å². The van der Waals surface area contributed by atoms with Gasteiger partial charge < -0.3 is 14.8 Å². The molecule has 0 aliphatic rings. The number of carbonyl (C=O) groups is 3. The van der Waals surface area contributed by atoms with E-state index in [1.165, 1.54) is 6.21 Å². The Balaban J connectivity index is 1.42. The molecule has 0 heterocycles. The Morgan fingerprint density at radius 2 is 1.50 bits per heavy atom. The van der Waals surface area contributed by atoms with Crippen LogP contribution < -0.4 is 20.2 Å². The molecule has 34 heavy (non-hydrogen) atoms. The molecule has 3 rings (SSSR count). The second-order valence-corrected chi connectivity index (χ2v) is 7.34. The van der Waals surface area contributed by atoms with Crippen LogP contribution in [0, 0.1) is 0 Å². The first kappa shape index (κ1) is 24.5. The number of rotatable bonds is 9. The van der Waals surface area contributed by atoms with Crippen molar-refractivity contribution < 1.29 is 23.9 Å². The smallest absolute Gasteiger partial charge is 0.343 e. The summed E-state index contributed by atoms with van der Waals surface area (Å²) in [6.45, 7) is 2.18. The predicted octanol–water partition coefficient (Wildman–Crippen LogP) is 3.84. The molecule has 0 bridgehead atoms. The molecule has 0 aliphatic heterocycles. The Morgan fingerprint density at radius 3 is 2.15 bits per heavy atom. The molecule has 0 aliphatic carbocycles. The Bertz CT molecular complexity index is 1160. The summed E-state index contributed by atoms with van der Waals surface area (Å²) >= 11 is 5.81. The number of hydrazone groups is 1. The van der Waals surface area contributed by atoms with Crippen molar-refractivity contribution in [1.82, 2.24) is 10.7 Å². The standard InChI is InChI=1S/C25H22ClN3O5/c1-2-33-21-13-7-18(8-14-21)24(31)27-16-23(30)29-28-15-17-3-11-22(12-4-17)34-25(32)19-5-9-20(26)10-6-19/h3-15H,2,16H2,1H3,(H,27,31)(H,29,30)/b28-15-. The van der Waals surface area contributed by atoms with Crippen LogP contribution >= 0.6 is 11.6 Å². The topological polar surface area (TPSA) is 106 Å². The summed E-state index contributed by atoms with van der Waals surface area (Å²) in [5.74, 6) is -0.343. The second-order valence-electron chi connectivity index (χ2n) is 6.90. The van der Waals surface area contributed by atoms with Gasteiger partial charge in [0.2, 0.25) is 0 Å². The van der Waals surface area contributed by atoms with Gasteiger partial charge in [0.1, 0.15) is 11.5 Å². The van der Waals surface area contributed by atoms with E-state index >= 15 is 0 Å². The van der Waals surface area contributed by atoms with Crippen molar-refractivity contribution in [2.24, 2.45) is 5.10 Å². The van der Waals surface area contributed by atoms with Gasteiger partial charge in [-0.2, -0.15) is 5.10 Å². The third-order valence-corrected chi connectivity index (χ3v) is 4.66. The number of esters is 1. The zero-order valence-electron chi connectivity index (χ0n) is 18.3. The van der Waals surface area contributed by atoms with Crippen LogP contribution in [0.15, 0.2) is 77.9 Å².